The molecular weight excluding hydrogens is 124 g/mol. The van der Waals surface area contributed by atoms with Gasteiger partial charge in [-0.25, -0.2) is 0 Å². The molecule has 0 fully saturated rings. The predicted octanol–water partition coefficient (Wildman–Crippen LogP) is 2.99. The van der Waals surface area contributed by atoms with Crippen LogP contribution in [-0.4, -0.2) is 12.7 Å². The molecule has 0 aliphatic carbocycles. The summed E-state index contributed by atoms with van der Waals surface area (Å²) in [6.07, 6.45) is 5.28. The molecular formula is C9H20O. The van der Waals surface area contributed by atoms with Crippen molar-refractivity contribution in [3.05, 3.63) is 0 Å². The van der Waals surface area contributed by atoms with E-state index in [-0.39, 0.29) is 0 Å². The maximum Gasteiger partial charge on any atom is 0.0572 e. The van der Waals surface area contributed by atoms with Crippen molar-refractivity contribution in [1.29, 1.82) is 0 Å². The molecule has 0 heterocycles. The van der Waals surface area contributed by atoms with Crippen molar-refractivity contribution in [2.45, 2.75) is 52.6 Å². The lowest BCUT2D eigenvalue weighted by molar-refractivity contribution is 0.0449. The summed E-state index contributed by atoms with van der Waals surface area (Å²) in [5, 5.41) is 0. The van der Waals surface area contributed by atoms with E-state index >= 15 is 0 Å². The molecule has 0 aromatic heterocycles. The molecule has 0 N–H and O–H groups in total. The van der Waals surface area contributed by atoms with Crippen LogP contribution in [0.25, 0.3) is 0 Å². The zero-order chi connectivity index (χ0) is 7.82. The third-order valence-electron chi connectivity index (χ3n) is 1.62. The highest BCUT2D eigenvalue weighted by atomic mass is 16.5. The van der Waals surface area contributed by atoms with Crippen LogP contribution in [0.15, 0.2) is 0 Å². The first-order valence-corrected chi connectivity index (χ1v) is 4.46. The zero-order valence-corrected chi connectivity index (χ0v) is 7.52. The topological polar surface area (TPSA) is 9.23 Å². The van der Waals surface area contributed by atoms with Gasteiger partial charge in [-0.05, 0) is 19.3 Å². The fourth-order valence-corrected chi connectivity index (χ4v) is 1.01. The van der Waals surface area contributed by atoms with Crippen molar-refractivity contribution in [2.75, 3.05) is 6.61 Å². The molecule has 0 radical (unpaired) electrons. The molecule has 0 bridgehead atoms. The van der Waals surface area contributed by atoms with Crippen molar-refractivity contribution in [3.63, 3.8) is 0 Å². The summed E-state index contributed by atoms with van der Waals surface area (Å²) in [4.78, 5) is 0. The van der Waals surface area contributed by atoms with E-state index in [1.807, 2.05) is 0 Å². The first kappa shape index (κ1) is 9.96. The maximum absolute atomic E-state index is 5.58. The molecule has 62 valence electrons. The highest BCUT2D eigenvalue weighted by Gasteiger charge is 2.02. The van der Waals surface area contributed by atoms with Crippen LogP contribution in [0.4, 0.5) is 0 Å². The summed E-state index contributed by atoms with van der Waals surface area (Å²) in [6, 6.07) is 0. The van der Waals surface area contributed by atoms with Gasteiger partial charge in [0.2, 0.25) is 0 Å². The van der Waals surface area contributed by atoms with Crippen LogP contribution in [-0.2, 0) is 4.74 Å². The molecule has 0 aliphatic heterocycles. The lowest BCUT2D eigenvalue weighted by Crippen LogP contribution is -2.11. The fourth-order valence-electron chi connectivity index (χ4n) is 1.01. The lowest BCUT2D eigenvalue weighted by Gasteiger charge is -2.13. The van der Waals surface area contributed by atoms with E-state index in [9.17, 15) is 0 Å². The Morgan fingerprint density at radius 1 is 1.10 bits per heavy atom. The average molecular weight is 144 g/mol. The number of hydrogen-bond acceptors (Lipinski definition) is 1. The standard InChI is InChI=1S/C9H20O/c1-4-7-9(6-3)10-8-5-2/h9H,4-8H2,1-3H3. The van der Waals surface area contributed by atoms with Crippen LogP contribution in [0.3, 0.4) is 0 Å². The van der Waals surface area contributed by atoms with Gasteiger partial charge >= 0.3 is 0 Å². The minimum atomic E-state index is 0.518. The zero-order valence-electron chi connectivity index (χ0n) is 7.52. The number of hydrogen-bond donors (Lipinski definition) is 0. The Morgan fingerprint density at radius 2 is 1.80 bits per heavy atom. The van der Waals surface area contributed by atoms with Crippen LogP contribution in [0.2, 0.25) is 0 Å². The van der Waals surface area contributed by atoms with Crippen LogP contribution >= 0.6 is 0 Å². The second-order valence-electron chi connectivity index (χ2n) is 2.69. The van der Waals surface area contributed by atoms with Crippen molar-refractivity contribution in [3.8, 4) is 0 Å². The third kappa shape index (κ3) is 4.80. The van der Waals surface area contributed by atoms with E-state index in [0.717, 1.165) is 19.4 Å². The molecule has 0 aromatic rings. The normalized spacial score (nSPS) is 13.5. The molecule has 0 saturated heterocycles. The van der Waals surface area contributed by atoms with Crippen LogP contribution in [0.5, 0.6) is 0 Å². The lowest BCUT2D eigenvalue weighted by atomic mass is 10.2. The summed E-state index contributed by atoms with van der Waals surface area (Å²) >= 11 is 0. The molecule has 10 heavy (non-hydrogen) atoms. The summed E-state index contributed by atoms with van der Waals surface area (Å²) in [5.41, 5.74) is 0. The number of rotatable bonds is 6. The van der Waals surface area contributed by atoms with Gasteiger partial charge in [-0.15, -0.1) is 0 Å². The highest BCUT2D eigenvalue weighted by Crippen LogP contribution is 2.05. The molecule has 0 aromatic carbocycles. The summed E-state index contributed by atoms with van der Waals surface area (Å²) in [6.45, 7) is 7.48. The molecule has 0 spiro atoms. The average Bonchev–Trinajstić information content (AvgIpc) is 1.98. The highest BCUT2D eigenvalue weighted by molar-refractivity contribution is 4.52. The SMILES string of the molecule is CCCOC(CC)CCC. The van der Waals surface area contributed by atoms with E-state index < -0.39 is 0 Å². The molecule has 1 unspecified atom stereocenters. The van der Waals surface area contributed by atoms with Crippen molar-refractivity contribution < 1.29 is 4.74 Å². The second kappa shape index (κ2) is 7.07. The molecule has 0 amide bonds. The molecule has 1 nitrogen and oxygen atoms in total. The fraction of sp³-hybridized carbons (Fsp3) is 1.00. The van der Waals surface area contributed by atoms with Crippen LogP contribution < -0.4 is 0 Å². The molecule has 1 heteroatoms. The first-order valence-electron chi connectivity index (χ1n) is 4.46. The van der Waals surface area contributed by atoms with Gasteiger partial charge in [-0.1, -0.05) is 27.2 Å². The van der Waals surface area contributed by atoms with Gasteiger partial charge in [-0.3, -0.25) is 0 Å². The Morgan fingerprint density at radius 3 is 2.20 bits per heavy atom. The van der Waals surface area contributed by atoms with Gasteiger partial charge in [0.05, 0.1) is 6.10 Å². The van der Waals surface area contributed by atoms with Gasteiger partial charge in [0.25, 0.3) is 0 Å². The Bertz CT molecular complexity index is 61.7. The van der Waals surface area contributed by atoms with Gasteiger partial charge in [0.15, 0.2) is 0 Å². The van der Waals surface area contributed by atoms with Crippen molar-refractivity contribution >= 4 is 0 Å². The smallest absolute Gasteiger partial charge is 0.0572 e. The van der Waals surface area contributed by atoms with Crippen molar-refractivity contribution in [1.82, 2.24) is 0 Å². The quantitative estimate of drug-likeness (QED) is 0.557. The summed E-state index contributed by atoms with van der Waals surface area (Å²) < 4.78 is 5.58. The Labute approximate surface area is 64.8 Å². The summed E-state index contributed by atoms with van der Waals surface area (Å²) in [5.74, 6) is 0. The Kier molecular flexibility index (Phi) is 7.04. The first-order chi connectivity index (χ1) is 4.85. The number of ether oxygens (including phenoxy) is 1. The maximum atomic E-state index is 5.58. The monoisotopic (exact) mass is 144 g/mol. The van der Waals surface area contributed by atoms with Gasteiger partial charge in [-0.2, -0.15) is 0 Å². The van der Waals surface area contributed by atoms with E-state index in [4.69, 9.17) is 4.74 Å². The minimum Gasteiger partial charge on any atom is -0.378 e. The molecule has 0 aliphatic rings. The van der Waals surface area contributed by atoms with Gasteiger partial charge in [0, 0.05) is 6.61 Å². The van der Waals surface area contributed by atoms with E-state index in [1.165, 1.54) is 12.8 Å². The van der Waals surface area contributed by atoms with E-state index in [1.54, 1.807) is 0 Å². The Balaban J connectivity index is 3.21. The summed E-state index contributed by atoms with van der Waals surface area (Å²) in [7, 11) is 0. The van der Waals surface area contributed by atoms with Gasteiger partial charge in [0.1, 0.15) is 0 Å². The third-order valence-corrected chi connectivity index (χ3v) is 1.62. The largest absolute Gasteiger partial charge is 0.378 e. The molecule has 1 atom stereocenters. The van der Waals surface area contributed by atoms with Crippen LogP contribution in [0.1, 0.15) is 46.5 Å². The van der Waals surface area contributed by atoms with Crippen molar-refractivity contribution in [2.24, 2.45) is 0 Å². The van der Waals surface area contributed by atoms with Crippen LogP contribution in [0, 0.1) is 0 Å². The Hall–Kier alpha value is -0.0400. The molecule has 0 saturated carbocycles. The van der Waals surface area contributed by atoms with E-state index in [2.05, 4.69) is 20.8 Å². The molecule has 0 rings (SSSR count). The van der Waals surface area contributed by atoms with E-state index in [0.29, 0.717) is 6.10 Å². The minimum absolute atomic E-state index is 0.518. The predicted molar refractivity (Wildman–Crippen MR) is 45.2 cm³/mol. The second-order valence-corrected chi connectivity index (χ2v) is 2.69. The van der Waals surface area contributed by atoms with Gasteiger partial charge < -0.3 is 4.74 Å².